The van der Waals surface area contributed by atoms with E-state index in [1.807, 2.05) is 48.5 Å². The molecule has 2 aromatic rings. The average molecular weight is 785 g/mol. The minimum Gasteiger partial charge on any atom is -0.379 e. The number of rotatable bonds is 19. The summed E-state index contributed by atoms with van der Waals surface area (Å²) in [6.45, 7) is 10.7. The van der Waals surface area contributed by atoms with Crippen molar-refractivity contribution in [1.82, 2.24) is 25.4 Å². The molecule has 3 amide bonds. The van der Waals surface area contributed by atoms with Gasteiger partial charge in [0, 0.05) is 45.3 Å². The summed E-state index contributed by atoms with van der Waals surface area (Å²) >= 11 is 7.64. The van der Waals surface area contributed by atoms with Crippen LogP contribution in [0.5, 0.6) is 0 Å². The monoisotopic (exact) mass is 784 g/mol. The SMILES string of the molecule is CCC(C)C(C(CC(=O)N1CCCC1C(OC)C(C)C(=S)NC(Cc1ccccc1)c1nccs1)OC)N(C)C(=O)C(NC(=O)C1(N)CCCC1)C(C)C. The number of likely N-dealkylation sites (tertiary alicyclic amines) is 1. The van der Waals surface area contributed by atoms with Crippen molar-refractivity contribution in [2.45, 2.75) is 134 Å². The third-order valence-corrected chi connectivity index (χ3v) is 13.2. The van der Waals surface area contributed by atoms with Crippen LogP contribution in [-0.4, -0.2) is 101 Å². The van der Waals surface area contributed by atoms with Crippen molar-refractivity contribution in [2.75, 3.05) is 27.8 Å². The van der Waals surface area contributed by atoms with E-state index in [0.29, 0.717) is 24.4 Å². The predicted molar refractivity (Wildman–Crippen MR) is 219 cm³/mol. The molecule has 1 aliphatic carbocycles. The number of thiocarbonyl (C=S) groups is 1. The standard InChI is InChI=1S/C41H64N6O5S2/c1-9-27(4)35(46(6)39(49)34(26(2)3)45-40(50)41(42)19-13-14-20-41)32(51-7)25-33(48)47-22-15-18-31(47)36(52-8)28(5)37(53)44-30(38-43-21-23-54-38)24-29-16-11-10-12-17-29/h10-12,16-17,21,23,26-28,30-32,34-36H,9,13-15,18-20,22,24-25,42H2,1-8H3,(H,44,53)(H,45,50). The van der Waals surface area contributed by atoms with Gasteiger partial charge in [0.05, 0.1) is 47.3 Å². The Morgan fingerprint density at radius 1 is 1.07 bits per heavy atom. The number of hydrogen-bond donors (Lipinski definition) is 3. The van der Waals surface area contributed by atoms with Crippen LogP contribution in [0.15, 0.2) is 41.9 Å². The Morgan fingerprint density at radius 2 is 1.76 bits per heavy atom. The molecule has 4 rings (SSSR count). The third kappa shape index (κ3) is 10.7. The normalized spacial score (nSPS) is 20.8. The minimum absolute atomic E-state index is 0.0159. The highest BCUT2D eigenvalue weighted by Crippen LogP contribution is 2.31. The van der Waals surface area contributed by atoms with Crippen molar-refractivity contribution >= 4 is 46.3 Å². The molecule has 54 heavy (non-hydrogen) atoms. The number of ether oxygens (including phenoxy) is 2. The maximum atomic E-state index is 14.3. The van der Waals surface area contributed by atoms with Gasteiger partial charge in [-0.25, -0.2) is 4.98 Å². The molecule has 8 unspecified atom stereocenters. The molecule has 1 saturated heterocycles. The van der Waals surface area contributed by atoms with Gasteiger partial charge in [0.2, 0.25) is 17.7 Å². The smallest absolute Gasteiger partial charge is 0.245 e. The number of nitrogens with two attached hydrogens (primary N) is 1. The van der Waals surface area contributed by atoms with E-state index in [4.69, 9.17) is 27.4 Å². The Labute approximate surface area is 332 Å². The second-order valence-electron chi connectivity index (χ2n) is 15.8. The van der Waals surface area contributed by atoms with Gasteiger partial charge in [0.25, 0.3) is 0 Å². The largest absolute Gasteiger partial charge is 0.379 e. The highest BCUT2D eigenvalue weighted by Gasteiger charge is 2.44. The molecule has 1 aromatic carbocycles. The molecular formula is C41H64N6O5S2. The first-order valence-electron chi connectivity index (χ1n) is 19.7. The fourth-order valence-electron chi connectivity index (χ4n) is 8.32. The molecule has 300 valence electrons. The number of hydrogen-bond acceptors (Lipinski definition) is 9. The van der Waals surface area contributed by atoms with Crippen molar-refractivity contribution in [2.24, 2.45) is 23.5 Å². The van der Waals surface area contributed by atoms with Gasteiger partial charge >= 0.3 is 0 Å². The zero-order valence-corrected chi connectivity index (χ0v) is 35.2. The molecule has 0 radical (unpaired) electrons. The lowest BCUT2D eigenvalue weighted by molar-refractivity contribution is -0.147. The van der Waals surface area contributed by atoms with Gasteiger partial charge in [-0.15, -0.1) is 11.3 Å². The van der Waals surface area contributed by atoms with Crippen LogP contribution in [0.3, 0.4) is 0 Å². The summed E-state index contributed by atoms with van der Waals surface area (Å²) in [5.74, 6) is -0.861. The number of carbonyl (C=O) groups excluding carboxylic acids is 3. The molecule has 1 aromatic heterocycles. The molecular weight excluding hydrogens is 721 g/mol. The van der Waals surface area contributed by atoms with Crippen molar-refractivity contribution in [3.63, 3.8) is 0 Å². The maximum absolute atomic E-state index is 14.3. The van der Waals surface area contributed by atoms with E-state index >= 15 is 0 Å². The lowest BCUT2D eigenvalue weighted by Gasteiger charge is -2.41. The molecule has 8 atom stereocenters. The third-order valence-electron chi connectivity index (χ3n) is 11.8. The van der Waals surface area contributed by atoms with Crippen LogP contribution < -0.4 is 16.4 Å². The van der Waals surface area contributed by atoms with Crippen LogP contribution in [0.2, 0.25) is 0 Å². The molecule has 1 saturated carbocycles. The van der Waals surface area contributed by atoms with E-state index in [0.717, 1.165) is 43.5 Å². The molecule has 0 bridgehead atoms. The number of aromatic nitrogens is 1. The van der Waals surface area contributed by atoms with Gasteiger partial charge in [0.1, 0.15) is 11.0 Å². The molecule has 2 aliphatic rings. The van der Waals surface area contributed by atoms with E-state index in [9.17, 15) is 14.4 Å². The van der Waals surface area contributed by atoms with Gasteiger partial charge in [-0.05, 0) is 49.5 Å². The number of thiazole rings is 1. The van der Waals surface area contributed by atoms with Crippen LogP contribution >= 0.6 is 23.6 Å². The molecule has 0 spiro atoms. The highest BCUT2D eigenvalue weighted by atomic mass is 32.1. The number of carbonyl (C=O) groups is 3. The molecule has 11 nitrogen and oxygen atoms in total. The lowest BCUT2D eigenvalue weighted by atomic mass is 9.89. The summed E-state index contributed by atoms with van der Waals surface area (Å²) in [6, 6.07) is 8.86. The zero-order valence-electron chi connectivity index (χ0n) is 33.6. The van der Waals surface area contributed by atoms with Crippen LogP contribution in [0, 0.1) is 17.8 Å². The number of benzene rings is 1. The van der Waals surface area contributed by atoms with Gasteiger partial charge in [-0.1, -0.05) is 96.4 Å². The van der Waals surface area contributed by atoms with Crippen molar-refractivity contribution in [3.05, 3.63) is 52.5 Å². The lowest BCUT2D eigenvalue weighted by Crippen LogP contribution is -2.61. The van der Waals surface area contributed by atoms with Gasteiger partial charge < -0.3 is 35.6 Å². The van der Waals surface area contributed by atoms with E-state index in [1.54, 1.807) is 37.5 Å². The Balaban J connectivity index is 1.47. The topological polar surface area (TPSA) is 139 Å². The summed E-state index contributed by atoms with van der Waals surface area (Å²) in [7, 11) is 5.05. The quantitative estimate of drug-likeness (QED) is 0.154. The summed E-state index contributed by atoms with van der Waals surface area (Å²) in [5, 5.41) is 9.54. The average Bonchev–Trinajstić information content (AvgIpc) is 3.97. The summed E-state index contributed by atoms with van der Waals surface area (Å²) in [5.41, 5.74) is 6.71. The van der Waals surface area contributed by atoms with E-state index in [1.165, 1.54) is 5.56 Å². The Kier molecular flexibility index (Phi) is 16.4. The first kappa shape index (κ1) is 43.8. The number of methoxy groups -OCH3 is 2. The van der Waals surface area contributed by atoms with E-state index in [-0.39, 0.29) is 60.1 Å². The molecule has 2 fully saturated rings. The second kappa shape index (κ2) is 20.3. The Bertz CT molecular complexity index is 1500. The van der Waals surface area contributed by atoms with Gasteiger partial charge in [-0.3, -0.25) is 14.4 Å². The van der Waals surface area contributed by atoms with Crippen molar-refractivity contribution < 1.29 is 23.9 Å². The van der Waals surface area contributed by atoms with E-state index < -0.39 is 23.7 Å². The minimum atomic E-state index is -0.946. The molecule has 4 N–H and O–H groups in total. The first-order chi connectivity index (χ1) is 25.8. The number of likely N-dealkylation sites (N-methyl/N-ethyl adjacent to an activating group) is 1. The van der Waals surface area contributed by atoms with Crippen LogP contribution in [-0.2, 0) is 30.3 Å². The second-order valence-corrected chi connectivity index (χ2v) is 17.1. The Hall–Kier alpha value is -2.97. The van der Waals surface area contributed by atoms with Gasteiger partial charge in [0.15, 0.2) is 0 Å². The predicted octanol–water partition coefficient (Wildman–Crippen LogP) is 5.68. The van der Waals surface area contributed by atoms with Crippen molar-refractivity contribution in [1.29, 1.82) is 0 Å². The van der Waals surface area contributed by atoms with Crippen LogP contribution in [0.4, 0.5) is 0 Å². The number of amides is 3. The van der Waals surface area contributed by atoms with Crippen LogP contribution in [0.25, 0.3) is 0 Å². The maximum Gasteiger partial charge on any atom is 0.245 e. The fourth-order valence-corrected chi connectivity index (χ4v) is 9.28. The fraction of sp³-hybridized carbons (Fsp3) is 0.683. The van der Waals surface area contributed by atoms with Gasteiger partial charge in [-0.2, -0.15) is 0 Å². The summed E-state index contributed by atoms with van der Waals surface area (Å²) in [6.07, 6.45) is 7.18. The molecule has 13 heteroatoms. The number of nitrogens with zero attached hydrogens (tertiary/aromatic N) is 3. The number of nitrogens with one attached hydrogen (secondary N) is 2. The summed E-state index contributed by atoms with van der Waals surface area (Å²) in [4.78, 5) is 50.7. The molecule has 2 heterocycles. The zero-order chi connectivity index (χ0) is 39.6. The molecule has 1 aliphatic heterocycles. The van der Waals surface area contributed by atoms with Crippen LogP contribution in [0.1, 0.15) is 103 Å². The van der Waals surface area contributed by atoms with E-state index in [2.05, 4.69) is 48.5 Å². The highest BCUT2D eigenvalue weighted by molar-refractivity contribution is 7.80. The summed E-state index contributed by atoms with van der Waals surface area (Å²) < 4.78 is 12.2. The van der Waals surface area contributed by atoms with Crippen molar-refractivity contribution in [3.8, 4) is 0 Å². The first-order valence-corrected chi connectivity index (χ1v) is 21.0. The Morgan fingerprint density at radius 3 is 2.33 bits per heavy atom.